The molecule has 7 nitrogen and oxygen atoms in total. The van der Waals surface area contributed by atoms with E-state index in [-0.39, 0.29) is 11.0 Å². The number of aryl methyl sites for hydroxylation is 1. The minimum absolute atomic E-state index is 0.0871. The Morgan fingerprint density at radius 3 is 2.62 bits per heavy atom. The maximum absolute atomic E-state index is 12.0. The van der Waals surface area contributed by atoms with Gasteiger partial charge >= 0.3 is 5.69 Å². The highest BCUT2D eigenvalue weighted by Crippen LogP contribution is 2.38. The van der Waals surface area contributed by atoms with Crippen LogP contribution in [0, 0.1) is 12.8 Å². The Morgan fingerprint density at radius 2 is 2.04 bits per heavy atom. The van der Waals surface area contributed by atoms with Gasteiger partial charge in [-0.25, -0.2) is 4.79 Å². The molecule has 1 aromatic rings. The SMILES string of the molecule is Cc1cn([C@@H]2OC[C@@H](CO[Si](C)(C)C(C)(C)C)[C@H]2O)c(=O)[nH]c1=O. The fourth-order valence-electron chi connectivity index (χ4n) is 2.35. The molecule has 0 unspecified atom stereocenters. The number of aromatic nitrogens is 2. The maximum atomic E-state index is 12.0. The van der Waals surface area contributed by atoms with E-state index in [1.807, 2.05) is 0 Å². The summed E-state index contributed by atoms with van der Waals surface area (Å²) in [4.78, 5) is 25.7. The van der Waals surface area contributed by atoms with Crippen LogP contribution in [0.15, 0.2) is 15.8 Å². The molecule has 0 spiro atoms. The highest BCUT2D eigenvalue weighted by atomic mass is 28.4. The average molecular weight is 356 g/mol. The Balaban J connectivity index is 2.11. The third-order valence-electron chi connectivity index (χ3n) is 5.14. The number of nitrogens with zero attached hydrogens (tertiary/aromatic N) is 1. The molecule has 0 aromatic carbocycles. The van der Waals surface area contributed by atoms with E-state index < -0.39 is 31.9 Å². The molecule has 2 heterocycles. The topological polar surface area (TPSA) is 93.6 Å². The first-order valence-electron chi connectivity index (χ1n) is 8.20. The van der Waals surface area contributed by atoms with Crippen molar-refractivity contribution in [1.82, 2.24) is 9.55 Å². The van der Waals surface area contributed by atoms with Gasteiger partial charge < -0.3 is 14.3 Å². The molecule has 0 radical (unpaired) electrons. The number of aromatic amines is 1. The third kappa shape index (κ3) is 3.71. The lowest BCUT2D eigenvalue weighted by molar-refractivity contribution is -0.0161. The Bertz CT molecular complexity index is 704. The zero-order valence-electron chi connectivity index (χ0n) is 15.3. The van der Waals surface area contributed by atoms with Crippen LogP contribution >= 0.6 is 0 Å². The van der Waals surface area contributed by atoms with Gasteiger partial charge in [-0.05, 0) is 25.1 Å². The Labute approximate surface area is 142 Å². The lowest BCUT2D eigenvalue weighted by atomic mass is 10.1. The number of rotatable bonds is 4. The van der Waals surface area contributed by atoms with E-state index in [0.29, 0.717) is 18.8 Å². The van der Waals surface area contributed by atoms with E-state index in [0.717, 1.165) is 0 Å². The molecule has 1 saturated heterocycles. The molecule has 1 aliphatic heterocycles. The van der Waals surface area contributed by atoms with E-state index in [1.165, 1.54) is 10.8 Å². The van der Waals surface area contributed by atoms with Crippen LogP contribution in [0.5, 0.6) is 0 Å². The van der Waals surface area contributed by atoms with Gasteiger partial charge in [-0.1, -0.05) is 20.8 Å². The summed E-state index contributed by atoms with van der Waals surface area (Å²) in [6.45, 7) is 13.1. The number of H-pyrrole nitrogens is 1. The summed E-state index contributed by atoms with van der Waals surface area (Å²) >= 11 is 0. The standard InChI is InChI=1S/C16H28N2O5Si/c1-10-7-18(15(21)17-13(10)20)14-12(19)11(8-22-14)9-23-24(5,6)16(2,3)4/h7,11-12,14,19H,8-9H2,1-6H3,(H,17,20,21)/t11-,12+,14+/m0/s1. The lowest BCUT2D eigenvalue weighted by Gasteiger charge is -2.37. The molecule has 8 heteroatoms. The van der Waals surface area contributed by atoms with Gasteiger partial charge in [0, 0.05) is 24.3 Å². The molecule has 24 heavy (non-hydrogen) atoms. The predicted octanol–water partition coefficient (Wildman–Crippen LogP) is 1.37. The summed E-state index contributed by atoms with van der Waals surface area (Å²) in [5, 5.41) is 10.6. The molecule has 2 rings (SSSR count). The number of hydrogen-bond donors (Lipinski definition) is 2. The molecular weight excluding hydrogens is 328 g/mol. The van der Waals surface area contributed by atoms with Crippen molar-refractivity contribution >= 4 is 8.32 Å². The predicted molar refractivity (Wildman–Crippen MR) is 93.7 cm³/mol. The van der Waals surface area contributed by atoms with Crippen LogP contribution in [-0.2, 0) is 9.16 Å². The summed E-state index contributed by atoms with van der Waals surface area (Å²) in [7, 11) is -1.91. The monoisotopic (exact) mass is 356 g/mol. The fourth-order valence-corrected chi connectivity index (χ4v) is 3.41. The molecule has 0 aliphatic carbocycles. The van der Waals surface area contributed by atoms with E-state index in [2.05, 4.69) is 38.8 Å². The highest BCUT2D eigenvalue weighted by Gasteiger charge is 2.42. The van der Waals surface area contributed by atoms with Gasteiger partial charge in [0.1, 0.15) is 6.10 Å². The minimum Gasteiger partial charge on any atom is -0.416 e. The third-order valence-corrected chi connectivity index (χ3v) is 9.64. The first-order valence-corrected chi connectivity index (χ1v) is 11.1. The highest BCUT2D eigenvalue weighted by molar-refractivity contribution is 6.74. The summed E-state index contributed by atoms with van der Waals surface area (Å²) in [6, 6.07) is 0. The van der Waals surface area contributed by atoms with Crippen LogP contribution in [0.2, 0.25) is 18.1 Å². The van der Waals surface area contributed by atoms with E-state index >= 15 is 0 Å². The number of hydrogen-bond acceptors (Lipinski definition) is 5. The lowest BCUT2D eigenvalue weighted by Crippen LogP contribution is -2.43. The molecule has 1 aromatic heterocycles. The van der Waals surface area contributed by atoms with Crippen molar-refractivity contribution in [1.29, 1.82) is 0 Å². The van der Waals surface area contributed by atoms with Crippen LogP contribution in [-0.4, -0.2) is 42.3 Å². The van der Waals surface area contributed by atoms with E-state index in [4.69, 9.17) is 9.16 Å². The second-order valence-corrected chi connectivity index (χ2v) is 12.8. The van der Waals surface area contributed by atoms with Gasteiger partial charge in [-0.3, -0.25) is 14.3 Å². The van der Waals surface area contributed by atoms with Crippen LogP contribution in [0.3, 0.4) is 0 Å². The number of nitrogens with one attached hydrogen (secondary N) is 1. The maximum Gasteiger partial charge on any atom is 0.330 e. The molecule has 0 bridgehead atoms. The molecule has 0 saturated carbocycles. The average Bonchev–Trinajstić information content (AvgIpc) is 2.81. The Kier molecular flexibility index (Phi) is 5.24. The Morgan fingerprint density at radius 1 is 1.42 bits per heavy atom. The van der Waals surface area contributed by atoms with Crippen molar-refractivity contribution in [2.75, 3.05) is 13.2 Å². The molecular formula is C16H28N2O5Si. The van der Waals surface area contributed by atoms with Crippen molar-refractivity contribution < 1.29 is 14.3 Å². The summed E-state index contributed by atoms with van der Waals surface area (Å²) in [6.07, 6.45) is -0.245. The molecule has 3 atom stereocenters. The summed E-state index contributed by atoms with van der Waals surface area (Å²) in [5.41, 5.74) is -0.617. The first kappa shape index (κ1) is 19.1. The zero-order chi connectivity index (χ0) is 18.3. The quantitative estimate of drug-likeness (QED) is 0.795. The van der Waals surface area contributed by atoms with Crippen LogP contribution in [0.1, 0.15) is 32.6 Å². The van der Waals surface area contributed by atoms with Crippen molar-refractivity contribution in [3.05, 3.63) is 32.6 Å². The van der Waals surface area contributed by atoms with E-state index in [1.54, 1.807) is 6.92 Å². The zero-order valence-corrected chi connectivity index (χ0v) is 16.3. The Hall–Kier alpha value is -1.22. The molecule has 1 fully saturated rings. The van der Waals surface area contributed by atoms with Gasteiger partial charge in [0.15, 0.2) is 14.5 Å². The smallest absolute Gasteiger partial charge is 0.330 e. The molecule has 136 valence electrons. The van der Waals surface area contributed by atoms with Gasteiger partial charge in [0.2, 0.25) is 0 Å². The summed E-state index contributed by atoms with van der Waals surface area (Å²) in [5.74, 6) is -0.205. The van der Waals surface area contributed by atoms with E-state index in [9.17, 15) is 14.7 Å². The van der Waals surface area contributed by atoms with Crippen LogP contribution in [0.25, 0.3) is 0 Å². The normalized spacial score (nSPS) is 25.2. The summed E-state index contributed by atoms with van der Waals surface area (Å²) < 4.78 is 13.0. The number of aliphatic hydroxyl groups is 1. The van der Waals surface area contributed by atoms with Crippen molar-refractivity contribution in [3.63, 3.8) is 0 Å². The largest absolute Gasteiger partial charge is 0.416 e. The van der Waals surface area contributed by atoms with Crippen molar-refractivity contribution in [2.45, 2.75) is 58.2 Å². The van der Waals surface area contributed by atoms with Crippen LogP contribution < -0.4 is 11.2 Å². The van der Waals surface area contributed by atoms with Gasteiger partial charge in [0.05, 0.1) is 6.61 Å². The van der Waals surface area contributed by atoms with Gasteiger partial charge in [-0.2, -0.15) is 0 Å². The first-order chi connectivity index (χ1) is 10.9. The second-order valence-electron chi connectivity index (χ2n) is 8.02. The van der Waals surface area contributed by atoms with Crippen molar-refractivity contribution in [3.8, 4) is 0 Å². The molecule has 2 N–H and O–H groups in total. The molecule has 1 aliphatic rings. The second kappa shape index (κ2) is 6.59. The van der Waals surface area contributed by atoms with Gasteiger partial charge in [-0.15, -0.1) is 0 Å². The molecule has 0 amide bonds. The van der Waals surface area contributed by atoms with Crippen LogP contribution in [0.4, 0.5) is 0 Å². The minimum atomic E-state index is -1.91. The number of aliphatic hydroxyl groups excluding tert-OH is 1. The number of ether oxygens (including phenoxy) is 1. The fraction of sp³-hybridized carbons (Fsp3) is 0.750. The van der Waals surface area contributed by atoms with Crippen molar-refractivity contribution in [2.24, 2.45) is 5.92 Å². The van der Waals surface area contributed by atoms with Gasteiger partial charge in [0.25, 0.3) is 5.56 Å².